The molecule has 1 heterocycles. The molecule has 3 aromatic carbocycles. The van der Waals surface area contributed by atoms with Crippen LogP contribution in [0.25, 0.3) is 11.0 Å². The van der Waals surface area contributed by atoms with Gasteiger partial charge in [-0.3, -0.25) is 0 Å². The second-order valence-corrected chi connectivity index (χ2v) is 11.0. The molecule has 35 heavy (non-hydrogen) atoms. The zero-order valence-corrected chi connectivity index (χ0v) is 20.4. The zero-order chi connectivity index (χ0) is 25.1. The molecule has 10 nitrogen and oxygen atoms in total. The fraction of sp³-hybridized carbons (Fsp3) is 0.130. The molecule has 0 bridgehead atoms. The molecule has 12 heteroatoms. The monoisotopic (exact) mass is 514 g/mol. The van der Waals surface area contributed by atoms with Crippen molar-refractivity contribution < 1.29 is 26.3 Å². The highest BCUT2D eigenvalue weighted by atomic mass is 32.3. The summed E-state index contributed by atoms with van der Waals surface area (Å²) < 4.78 is 63.5. The van der Waals surface area contributed by atoms with E-state index in [1.807, 2.05) is 0 Å². The fourth-order valence-corrected chi connectivity index (χ4v) is 6.34. The number of ether oxygens (including phenoxy) is 2. The Morgan fingerprint density at radius 3 is 2.11 bits per heavy atom. The van der Waals surface area contributed by atoms with Crippen molar-refractivity contribution in [1.82, 2.24) is 14.1 Å². The van der Waals surface area contributed by atoms with Crippen LogP contribution in [-0.2, 0) is 25.8 Å². The Balaban J connectivity index is 1.74. The van der Waals surface area contributed by atoms with Crippen molar-refractivity contribution in [3.8, 4) is 11.5 Å². The van der Waals surface area contributed by atoms with Crippen LogP contribution in [0.15, 0.2) is 77.7 Å². The Morgan fingerprint density at radius 2 is 1.46 bits per heavy atom. The van der Waals surface area contributed by atoms with Gasteiger partial charge in [-0.05, 0) is 36.4 Å². The minimum absolute atomic E-state index is 0.0179. The molecule has 4 rings (SSSR count). The van der Waals surface area contributed by atoms with E-state index in [1.165, 1.54) is 38.5 Å². The molecule has 0 unspecified atom stereocenters. The summed E-state index contributed by atoms with van der Waals surface area (Å²) in [6.45, 7) is 0. The summed E-state index contributed by atoms with van der Waals surface area (Å²) in [5, 5.41) is 3.06. The van der Waals surface area contributed by atoms with Gasteiger partial charge in [0, 0.05) is 6.07 Å². The molecule has 0 saturated carbocycles. The first kappa shape index (κ1) is 24.4. The summed E-state index contributed by atoms with van der Waals surface area (Å²) in [5.74, 6) is 0.370. The lowest BCUT2D eigenvalue weighted by Crippen LogP contribution is -2.32. The lowest BCUT2D eigenvalue weighted by Gasteiger charge is -2.15. The first-order valence-electron chi connectivity index (χ1n) is 10.3. The summed E-state index contributed by atoms with van der Waals surface area (Å²) in [6.07, 6.45) is 0. The highest BCUT2D eigenvalue weighted by molar-refractivity contribution is 8.04. The fourth-order valence-electron chi connectivity index (χ4n) is 3.30. The third-order valence-electron chi connectivity index (χ3n) is 4.92. The van der Waals surface area contributed by atoms with E-state index in [1.54, 1.807) is 52.7 Å². The average molecular weight is 515 g/mol. The molecule has 4 aromatic rings. The van der Waals surface area contributed by atoms with E-state index in [4.69, 9.17) is 9.47 Å². The SMILES string of the molecule is COc1ccc(OC)c(Nc2nc3ccccc3nc2CS(=O)(=O)NS(=O)(=O)c2ccccc2)c1. The van der Waals surface area contributed by atoms with Gasteiger partial charge in [-0.2, -0.15) is 0 Å². The molecule has 2 N–H and O–H groups in total. The smallest absolute Gasteiger partial charge is 0.253 e. The van der Waals surface area contributed by atoms with Crippen molar-refractivity contribution in [2.24, 2.45) is 0 Å². The van der Waals surface area contributed by atoms with Gasteiger partial charge in [0.25, 0.3) is 10.0 Å². The molecule has 0 aliphatic rings. The second kappa shape index (κ2) is 9.86. The third-order valence-corrected chi connectivity index (χ3v) is 8.36. The number of anilines is 2. The second-order valence-electron chi connectivity index (χ2n) is 7.36. The zero-order valence-electron chi connectivity index (χ0n) is 18.8. The molecular weight excluding hydrogens is 492 g/mol. The summed E-state index contributed by atoms with van der Waals surface area (Å²) >= 11 is 0. The van der Waals surface area contributed by atoms with Gasteiger partial charge >= 0.3 is 0 Å². The first-order valence-corrected chi connectivity index (χ1v) is 13.4. The van der Waals surface area contributed by atoms with Crippen molar-refractivity contribution in [2.45, 2.75) is 10.6 Å². The van der Waals surface area contributed by atoms with E-state index < -0.39 is 25.8 Å². The van der Waals surface area contributed by atoms with Gasteiger partial charge in [-0.15, -0.1) is 4.13 Å². The predicted octanol–water partition coefficient (Wildman–Crippen LogP) is 3.20. The molecule has 1 aromatic heterocycles. The van der Waals surface area contributed by atoms with Gasteiger partial charge in [-0.1, -0.05) is 30.3 Å². The van der Waals surface area contributed by atoms with Gasteiger partial charge in [0.05, 0.1) is 35.8 Å². The largest absolute Gasteiger partial charge is 0.497 e. The van der Waals surface area contributed by atoms with Gasteiger partial charge in [0.1, 0.15) is 22.9 Å². The molecule has 0 aliphatic carbocycles. The third kappa shape index (κ3) is 5.67. The van der Waals surface area contributed by atoms with E-state index in [-0.39, 0.29) is 16.4 Å². The van der Waals surface area contributed by atoms with Crippen LogP contribution in [0.5, 0.6) is 11.5 Å². The number of nitrogens with one attached hydrogen (secondary N) is 2. The van der Waals surface area contributed by atoms with E-state index in [0.717, 1.165) is 0 Å². The van der Waals surface area contributed by atoms with Crippen LogP contribution >= 0.6 is 0 Å². The highest BCUT2D eigenvalue weighted by Gasteiger charge is 2.25. The van der Waals surface area contributed by atoms with Gasteiger partial charge in [0.2, 0.25) is 10.0 Å². The topological polar surface area (TPSA) is 137 Å². The minimum Gasteiger partial charge on any atom is -0.497 e. The van der Waals surface area contributed by atoms with E-state index >= 15 is 0 Å². The first-order chi connectivity index (χ1) is 16.7. The molecular formula is C23H22N4O6S2. The maximum atomic E-state index is 12.9. The van der Waals surface area contributed by atoms with E-state index in [9.17, 15) is 16.8 Å². The number of nitrogens with zero attached hydrogens (tertiary/aromatic N) is 2. The number of hydrogen-bond acceptors (Lipinski definition) is 9. The number of para-hydroxylation sites is 2. The number of methoxy groups -OCH3 is 2. The van der Waals surface area contributed by atoms with Gasteiger partial charge in [-0.25, -0.2) is 26.8 Å². The minimum atomic E-state index is -4.39. The predicted molar refractivity (Wildman–Crippen MR) is 132 cm³/mol. The average Bonchev–Trinajstić information content (AvgIpc) is 2.84. The Morgan fingerprint density at radius 1 is 0.800 bits per heavy atom. The van der Waals surface area contributed by atoms with E-state index in [2.05, 4.69) is 15.3 Å². The van der Waals surface area contributed by atoms with Crippen molar-refractivity contribution in [1.29, 1.82) is 0 Å². The van der Waals surface area contributed by atoms with Gasteiger partial charge in [0.15, 0.2) is 5.82 Å². The maximum Gasteiger partial charge on any atom is 0.253 e. The quantitative estimate of drug-likeness (QED) is 0.345. The Bertz CT molecular complexity index is 1580. The number of benzene rings is 3. The van der Waals surface area contributed by atoms with Crippen LogP contribution in [0.2, 0.25) is 0 Å². The van der Waals surface area contributed by atoms with Crippen LogP contribution in [0.3, 0.4) is 0 Å². The molecule has 0 spiro atoms. The molecule has 0 atom stereocenters. The van der Waals surface area contributed by atoms with Crippen LogP contribution < -0.4 is 18.9 Å². The normalized spacial score (nSPS) is 11.8. The standard InChI is InChI=1S/C23H22N4O6S2/c1-32-16-12-13-22(33-2)20(14-16)26-23-21(24-18-10-6-7-11-19(18)25-23)15-34(28,29)27-35(30,31)17-8-4-3-5-9-17/h3-14,27H,15H2,1-2H3,(H,25,26). The lowest BCUT2D eigenvalue weighted by atomic mass is 10.2. The summed E-state index contributed by atoms with van der Waals surface area (Å²) in [7, 11) is -5.70. The van der Waals surface area contributed by atoms with Crippen LogP contribution in [0, 0.1) is 0 Å². The Labute approximate surface area is 203 Å². The lowest BCUT2D eigenvalue weighted by molar-refractivity contribution is 0.405. The molecule has 182 valence electrons. The van der Waals surface area contributed by atoms with Crippen LogP contribution in [0.1, 0.15) is 5.69 Å². The molecule has 0 aliphatic heterocycles. The molecule has 0 amide bonds. The van der Waals surface area contributed by atoms with E-state index in [0.29, 0.717) is 28.2 Å². The summed E-state index contributed by atoms with van der Waals surface area (Å²) in [5.41, 5.74) is 1.44. The molecule has 0 radical (unpaired) electrons. The van der Waals surface area contributed by atoms with Crippen LogP contribution in [0.4, 0.5) is 11.5 Å². The number of fused-ring (bicyclic) bond motifs is 1. The van der Waals surface area contributed by atoms with Crippen molar-refractivity contribution in [3.63, 3.8) is 0 Å². The molecule has 0 saturated heterocycles. The Kier molecular flexibility index (Phi) is 6.87. The maximum absolute atomic E-state index is 12.9. The summed E-state index contributed by atoms with van der Waals surface area (Å²) in [6, 6.07) is 19.2. The number of hydrogen-bond donors (Lipinski definition) is 2. The summed E-state index contributed by atoms with van der Waals surface area (Å²) in [4.78, 5) is 8.80. The van der Waals surface area contributed by atoms with Gasteiger partial charge < -0.3 is 14.8 Å². The number of sulfonamides is 2. The van der Waals surface area contributed by atoms with Crippen molar-refractivity contribution in [2.75, 3.05) is 19.5 Å². The molecule has 0 fully saturated rings. The number of aromatic nitrogens is 2. The van der Waals surface area contributed by atoms with Crippen LogP contribution in [-0.4, -0.2) is 41.0 Å². The van der Waals surface area contributed by atoms with Crippen molar-refractivity contribution >= 4 is 42.6 Å². The number of rotatable bonds is 9. The highest BCUT2D eigenvalue weighted by Crippen LogP contribution is 2.32. The van der Waals surface area contributed by atoms with Crippen molar-refractivity contribution in [3.05, 3.63) is 78.5 Å². The Hall–Kier alpha value is -3.74.